The quantitative estimate of drug-likeness (QED) is 0.701. The molecule has 0 aromatic carbocycles. The summed E-state index contributed by atoms with van der Waals surface area (Å²) in [7, 11) is 0. The largest absolute Gasteiger partial charge is 0.294 e. The molecule has 2 heteroatoms. The van der Waals surface area contributed by atoms with Gasteiger partial charge in [-0.25, -0.2) is 0 Å². The van der Waals surface area contributed by atoms with Crippen molar-refractivity contribution < 1.29 is 4.79 Å². The van der Waals surface area contributed by atoms with Crippen LogP contribution in [0.25, 0.3) is 5.57 Å². The van der Waals surface area contributed by atoms with Crippen molar-refractivity contribution in [3.63, 3.8) is 0 Å². The van der Waals surface area contributed by atoms with Gasteiger partial charge in [0.2, 0.25) is 0 Å². The minimum absolute atomic E-state index is 0.140. The van der Waals surface area contributed by atoms with Crippen LogP contribution in [0.2, 0.25) is 0 Å². The minimum Gasteiger partial charge on any atom is -0.294 e. The summed E-state index contributed by atoms with van der Waals surface area (Å²) in [6.07, 6.45) is 1.71. The standard InChI is InChI=1S/C13H16OS/c1-9-6-13(2,3)7-11(14)12(9)10-4-5-15-8-10/h4-5,8H,6-7H2,1-3H3. The first-order valence-electron chi connectivity index (χ1n) is 5.25. The molecule has 1 heterocycles. The summed E-state index contributed by atoms with van der Waals surface area (Å²) < 4.78 is 0. The van der Waals surface area contributed by atoms with Gasteiger partial charge < -0.3 is 0 Å². The zero-order valence-electron chi connectivity index (χ0n) is 9.46. The third-order valence-corrected chi connectivity index (χ3v) is 3.58. The number of hydrogen-bond acceptors (Lipinski definition) is 2. The number of ketones is 1. The van der Waals surface area contributed by atoms with E-state index in [0.717, 1.165) is 17.6 Å². The van der Waals surface area contributed by atoms with Crippen molar-refractivity contribution in [2.75, 3.05) is 0 Å². The van der Waals surface area contributed by atoms with Crippen molar-refractivity contribution in [2.24, 2.45) is 5.41 Å². The topological polar surface area (TPSA) is 17.1 Å². The molecule has 0 N–H and O–H groups in total. The lowest BCUT2D eigenvalue weighted by molar-refractivity contribution is -0.116. The minimum atomic E-state index is 0.140. The first-order valence-corrected chi connectivity index (χ1v) is 6.19. The summed E-state index contributed by atoms with van der Waals surface area (Å²) in [5, 5.41) is 4.09. The highest BCUT2D eigenvalue weighted by Gasteiger charge is 2.31. The molecule has 0 saturated carbocycles. The second kappa shape index (κ2) is 3.60. The van der Waals surface area contributed by atoms with E-state index in [1.807, 2.05) is 11.4 Å². The van der Waals surface area contributed by atoms with E-state index in [9.17, 15) is 4.79 Å². The van der Waals surface area contributed by atoms with Crippen LogP contribution in [0.3, 0.4) is 0 Å². The monoisotopic (exact) mass is 220 g/mol. The molecule has 0 atom stereocenters. The number of carbonyl (C=O) groups is 1. The van der Waals surface area contributed by atoms with Gasteiger partial charge in [0.15, 0.2) is 5.78 Å². The van der Waals surface area contributed by atoms with Gasteiger partial charge in [0.1, 0.15) is 0 Å². The predicted octanol–water partition coefficient (Wildman–Crippen LogP) is 3.91. The van der Waals surface area contributed by atoms with E-state index in [1.165, 1.54) is 5.57 Å². The van der Waals surface area contributed by atoms with Gasteiger partial charge in [-0.2, -0.15) is 11.3 Å². The Kier molecular flexibility index (Phi) is 2.55. The van der Waals surface area contributed by atoms with E-state index >= 15 is 0 Å². The van der Waals surface area contributed by atoms with Crippen molar-refractivity contribution in [3.8, 4) is 0 Å². The van der Waals surface area contributed by atoms with Crippen LogP contribution in [0, 0.1) is 5.41 Å². The average molecular weight is 220 g/mol. The third kappa shape index (κ3) is 2.05. The van der Waals surface area contributed by atoms with Crippen LogP contribution < -0.4 is 0 Å². The van der Waals surface area contributed by atoms with E-state index in [1.54, 1.807) is 11.3 Å². The van der Waals surface area contributed by atoms with E-state index in [2.05, 4.69) is 26.2 Å². The van der Waals surface area contributed by atoms with Gasteiger partial charge >= 0.3 is 0 Å². The number of hydrogen-bond donors (Lipinski definition) is 0. The summed E-state index contributed by atoms with van der Waals surface area (Å²) in [6.45, 7) is 6.42. The van der Waals surface area contributed by atoms with E-state index < -0.39 is 0 Å². The molecule has 1 aliphatic rings. The normalized spacial score (nSPS) is 20.9. The molecule has 0 bridgehead atoms. The van der Waals surface area contributed by atoms with Gasteiger partial charge in [-0.05, 0) is 41.1 Å². The predicted molar refractivity (Wildman–Crippen MR) is 64.9 cm³/mol. The Labute approximate surface area is 94.8 Å². The number of thiophene rings is 1. The molecule has 0 radical (unpaired) electrons. The molecule has 0 aliphatic heterocycles. The fraction of sp³-hybridized carbons (Fsp3) is 0.462. The number of allylic oxidation sites excluding steroid dienone is 2. The molecule has 0 saturated heterocycles. The zero-order valence-corrected chi connectivity index (χ0v) is 10.3. The Bertz CT molecular complexity index is 410. The molecular formula is C13H16OS. The van der Waals surface area contributed by atoms with Crippen molar-refractivity contribution in [1.82, 2.24) is 0 Å². The molecule has 1 aromatic heterocycles. The van der Waals surface area contributed by atoms with E-state index in [0.29, 0.717) is 12.2 Å². The molecule has 0 amide bonds. The highest BCUT2D eigenvalue weighted by Crippen LogP contribution is 2.40. The fourth-order valence-electron chi connectivity index (χ4n) is 2.44. The van der Waals surface area contributed by atoms with Gasteiger partial charge in [0.05, 0.1) is 0 Å². The summed E-state index contributed by atoms with van der Waals surface area (Å²) in [5.74, 6) is 0.308. The van der Waals surface area contributed by atoms with Crippen LogP contribution in [-0.4, -0.2) is 5.78 Å². The van der Waals surface area contributed by atoms with Crippen LogP contribution in [-0.2, 0) is 4.79 Å². The highest BCUT2D eigenvalue weighted by molar-refractivity contribution is 7.08. The van der Waals surface area contributed by atoms with Crippen molar-refractivity contribution in [1.29, 1.82) is 0 Å². The Hall–Kier alpha value is -0.890. The molecule has 1 aliphatic carbocycles. The van der Waals surface area contributed by atoms with Crippen LogP contribution in [0.1, 0.15) is 39.2 Å². The van der Waals surface area contributed by atoms with Crippen molar-refractivity contribution in [3.05, 3.63) is 28.0 Å². The SMILES string of the molecule is CC1=C(c2ccsc2)C(=O)CC(C)(C)C1. The highest BCUT2D eigenvalue weighted by atomic mass is 32.1. The summed E-state index contributed by atoms with van der Waals surface area (Å²) in [6, 6.07) is 2.04. The maximum Gasteiger partial charge on any atom is 0.163 e. The number of rotatable bonds is 1. The lowest BCUT2D eigenvalue weighted by Crippen LogP contribution is -2.24. The van der Waals surface area contributed by atoms with Gasteiger partial charge in [-0.3, -0.25) is 4.79 Å². The van der Waals surface area contributed by atoms with Crippen LogP contribution in [0.15, 0.2) is 22.4 Å². The molecule has 2 rings (SSSR count). The van der Waals surface area contributed by atoms with Crippen molar-refractivity contribution >= 4 is 22.7 Å². The molecule has 15 heavy (non-hydrogen) atoms. The summed E-state index contributed by atoms with van der Waals surface area (Å²) in [5.41, 5.74) is 3.46. The van der Waals surface area contributed by atoms with Gasteiger partial charge in [-0.15, -0.1) is 0 Å². The average Bonchev–Trinajstić information content (AvgIpc) is 2.52. The third-order valence-electron chi connectivity index (χ3n) is 2.90. The smallest absolute Gasteiger partial charge is 0.163 e. The first-order chi connectivity index (χ1) is 6.99. The fourth-order valence-corrected chi connectivity index (χ4v) is 3.09. The molecular weight excluding hydrogens is 204 g/mol. The Balaban J connectivity index is 2.44. The van der Waals surface area contributed by atoms with Crippen LogP contribution in [0.5, 0.6) is 0 Å². The molecule has 0 unspecified atom stereocenters. The summed E-state index contributed by atoms with van der Waals surface area (Å²) in [4.78, 5) is 12.1. The maximum absolute atomic E-state index is 12.1. The first kappa shape index (κ1) is 10.6. The van der Waals surface area contributed by atoms with E-state index in [4.69, 9.17) is 0 Å². The Morgan fingerprint density at radius 2 is 2.07 bits per heavy atom. The molecule has 80 valence electrons. The van der Waals surface area contributed by atoms with Gasteiger partial charge in [-0.1, -0.05) is 19.4 Å². The lowest BCUT2D eigenvalue weighted by Gasteiger charge is -2.30. The maximum atomic E-state index is 12.1. The Morgan fingerprint density at radius 1 is 1.33 bits per heavy atom. The van der Waals surface area contributed by atoms with Crippen LogP contribution >= 0.6 is 11.3 Å². The second-order valence-corrected chi connectivity index (χ2v) is 5.89. The zero-order chi connectivity index (χ0) is 11.1. The van der Waals surface area contributed by atoms with Crippen LogP contribution in [0.4, 0.5) is 0 Å². The Morgan fingerprint density at radius 3 is 2.60 bits per heavy atom. The molecule has 1 aromatic rings. The van der Waals surface area contributed by atoms with Gasteiger partial charge in [0.25, 0.3) is 0 Å². The molecule has 1 nitrogen and oxygen atoms in total. The second-order valence-electron chi connectivity index (χ2n) is 5.11. The molecule has 0 spiro atoms. The number of Topliss-reactive ketones (excluding diaryl/α,β-unsaturated/α-hetero) is 1. The lowest BCUT2D eigenvalue weighted by atomic mass is 9.73. The van der Waals surface area contributed by atoms with E-state index in [-0.39, 0.29) is 5.41 Å². The van der Waals surface area contributed by atoms with Gasteiger partial charge in [0, 0.05) is 12.0 Å². The molecule has 0 fully saturated rings. The summed E-state index contributed by atoms with van der Waals surface area (Å²) >= 11 is 1.65. The van der Waals surface area contributed by atoms with Crippen molar-refractivity contribution in [2.45, 2.75) is 33.6 Å². The number of carbonyl (C=O) groups excluding carboxylic acids is 1.